The van der Waals surface area contributed by atoms with Crippen LogP contribution < -0.4 is 0 Å². The van der Waals surface area contributed by atoms with E-state index in [-0.39, 0.29) is 0 Å². The lowest BCUT2D eigenvalue weighted by atomic mass is 9.58. The summed E-state index contributed by atoms with van der Waals surface area (Å²) in [5, 5.41) is 0. The molecule has 0 amide bonds. The second kappa shape index (κ2) is 3.12. The van der Waals surface area contributed by atoms with Crippen LogP contribution in [-0.4, -0.2) is 0 Å². The van der Waals surface area contributed by atoms with E-state index in [2.05, 4.69) is 30.3 Å². The Kier molecular flexibility index (Phi) is 1.90. The number of benzene rings is 1. The van der Waals surface area contributed by atoms with Crippen LogP contribution in [0.2, 0.25) is 0 Å². The van der Waals surface area contributed by atoms with Crippen molar-refractivity contribution in [2.45, 2.75) is 43.9 Å². The van der Waals surface area contributed by atoms with Gasteiger partial charge in [0.25, 0.3) is 0 Å². The van der Waals surface area contributed by atoms with Crippen LogP contribution in [0.3, 0.4) is 0 Å². The van der Waals surface area contributed by atoms with Gasteiger partial charge < -0.3 is 0 Å². The Hall–Kier alpha value is -0.780. The summed E-state index contributed by atoms with van der Waals surface area (Å²) in [6.07, 6.45) is 8.63. The summed E-state index contributed by atoms with van der Waals surface area (Å²) in [5.41, 5.74) is 2.01. The highest BCUT2D eigenvalue weighted by Gasteiger charge is 2.41. The van der Waals surface area contributed by atoms with Gasteiger partial charge in [-0.2, -0.15) is 0 Å². The minimum atomic E-state index is 0.524. The van der Waals surface area contributed by atoms with Crippen LogP contribution >= 0.6 is 0 Å². The van der Waals surface area contributed by atoms with Crippen molar-refractivity contribution in [1.29, 1.82) is 0 Å². The lowest BCUT2D eigenvalue weighted by Gasteiger charge is -2.47. The van der Waals surface area contributed by atoms with E-state index in [1.54, 1.807) is 0 Å². The fourth-order valence-corrected chi connectivity index (χ4v) is 3.38. The highest BCUT2D eigenvalue weighted by atomic mass is 14.5. The molecule has 0 unspecified atom stereocenters. The first-order chi connectivity index (χ1) is 6.89. The molecular weight excluding hydrogens is 168 g/mol. The first kappa shape index (κ1) is 8.52. The quantitative estimate of drug-likeness (QED) is 0.625. The molecule has 0 spiro atoms. The van der Waals surface area contributed by atoms with Gasteiger partial charge in [-0.15, -0.1) is 0 Å². The van der Waals surface area contributed by atoms with E-state index in [0.717, 1.165) is 5.92 Å². The van der Waals surface area contributed by atoms with E-state index in [1.807, 2.05) is 0 Å². The molecule has 0 atom stereocenters. The molecule has 0 N–H and O–H groups in total. The fourth-order valence-electron chi connectivity index (χ4n) is 3.38. The standard InChI is InChI=1S/C14H17/c1-2-4-13(5-3-1)14-9-6-12(7-10-14)8-11-14/h1-4,12H,6-11H2. The smallest absolute Gasteiger partial charge is 0.00405 e. The summed E-state index contributed by atoms with van der Waals surface area (Å²) in [5.74, 6) is 1.06. The summed E-state index contributed by atoms with van der Waals surface area (Å²) in [4.78, 5) is 0. The molecule has 1 radical (unpaired) electrons. The van der Waals surface area contributed by atoms with Crippen LogP contribution in [0.1, 0.15) is 44.1 Å². The molecule has 0 heterocycles. The van der Waals surface area contributed by atoms with Gasteiger partial charge in [-0.3, -0.25) is 0 Å². The first-order valence-electron chi connectivity index (χ1n) is 5.86. The second-order valence-corrected chi connectivity index (χ2v) is 5.04. The zero-order chi connectivity index (χ0) is 9.43. The lowest BCUT2D eigenvalue weighted by molar-refractivity contribution is 0.135. The first-order valence-corrected chi connectivity index (χ1v) is 5.86. The Balaban J connectivity index is 1.96. The Morgan fingerprint density at radius 3 is 2.36 bits per heavy atom. The van der Waals surface area contributed by atoms with Crippen molar-refractivity contribution < 1.29 is 0 Å². The molecular formula is C14H17. The normalized spacial score (nSPS) is 35.9. The van der Waals surface area contributed by atoms with Crippen molar-refractivity contribution >= 4 is 0 Å². The summed E-state index contributed by atoms with van der Waals surface area (Å²) >= 11 is 0. The van der Waals surface area contributed by atoms with Gasteiger partial charge in [0.2, 0.25) is 0 Å². The molecule has 4 rings (SSSR count). The average molecular weight is 185 g/mol. The summed E-state index contributed by atoms with van der Waals surface area (Å²) in [6.45, 7) is 0. The maximum atomic E-state index is 3.45. The highest BCUT2D eigenvalue weighted by molar-refractivity contribution is 5.26. The summed E-state index contributed by atoms with van der Waals surface area (Å²) in [6, 6.07) is 12.1. The number of fused-ring (bicyclic) bond motifs is 3. The van der Waals surface area contributed by atoms with E-state index in [4.69, 9.17) is 0 Å². The second-order valence-electron chi connectivity index (χ2n) is 5.04. The molecule has 3 aliphatic carbocycles. The Morgan fingerprint density at radius 2 is 1.79 bits per heavy atom. The van der Waals surface area contributed by atoms with Gasteiger partial charge in [-0.1, -0.05) is 24.3 Å². The van der Waals surface area contributed by atoms with Gasteiger partial charge in [-0.25, -0.2) is 0 Å². The molecule has 2 bridgehead atoms. The van der Waals surface area contributed by atoms with E-state index in [9.17, 15) is 0 Å². The van der Waals surface area contributed by atoms with Gasteiger partial charge in [0.15, 0.2) is 0 Å². The van der Waals surface area contributed by atoms with Crippen molar-refractivity contribution in [2.24, 2.45) is 5.92 Å². The third-order valence-corrected chi connectivity index (χ3v) is 4.37. The van der Waals surface area contributed by atoms with Gasteiger partial charge in [0.1, 0.15) is 0 Å². The molecule has 0 aliphatic heterocycles. The summed E-state index contributed by atoms with van der Waals surface area (Å²) in [7, 11) is 0. The van der Waals surface area contributed by atoms with Crippen LogP contribution in [0.25, 0.3) is 0 Å². The van der Waals surface area contributed by atoms with Crippen molar-refractivity contribution in [3.63, 3.8) is 0 Å². The van der Waals surface area contributed by atoms with Gasteiger partial charge in [0, 0.05) is 0 Å². The number of rotatable bonds is 1. The monoisotopic (exact) mass is 185 g/mol. The zero-order valence-corrected chi connectivity index (χ0v) is 8.63. The lowest BCUT2D eigenvalue weighted by Crippen LogP contribution is -2.37. The molecule has 1 aromatic carbocycles. The van der Waals surface area contributed by atoms with Crippen molar-refractivity contribution in [3.05, 3.63) is 35.9 Å². The molecule has 3 fully saturated rings. The van der Waals surface area contributed by atoms with E-state index >= 15 is 0 Å². The maximum absolute atomic E-state index is 3.45. The van der Waals surface area contributed by atoms with E-state index in [0.29, 0.717) is 5.41 Å². The van der Waals surface area contributed by atoms with Gasteiger partial charge in [0.05, 0.1) is 0 Å². The molecule has 0 saturated heterocycles. The predicted octanol–water partition coefficient (Wildman–Crippen LogP) is 3.71. The average Bonchev–Trinajstić information content (AvgIpc) is 2.33. The third-order valence-electron chi connectivity index (χ3n) is 4.37. The van der Waals surface area contributed by atoms with Crippen molar-refractivity contribution in [1.82, 2.24) is 0 Å². The van der Waals surface area contributed by atoms with Crippen molar-refractivity contribution in [3.8, 4) is 0 Å². The molecule has 3 aliphatic rings. The summed E-state index contributed by atoms with van der Waals surface area (Å²) < 4.78 is 0. The van der Waals surface area contributed by atoms with Crippen LogP contribution in [0, 0.1) is 12.0 Å². The van der Waals surface area contributed by atoms with Crippen LogP contribution in [0.15, 0.2) is 24.3 Å². The Bertz CT molecular complexity index is 290. The van der Waals surface area contributed by atoms with E-state index in [1.165, 1.54) is 44.1 Å². The van der Waals surface area contributed by atoms with Gasteiger partial charge in [-0.05, 0) is 61.5 Å². The van der Waals surface area contributed by atoms with Crippen LogP contribution in [0.5, 0.6) is 0 Å². The molecule has 73 valence electrons. The minimum absolute atomic E-state index is 0.524. The molecule has 0 aromatic heterocycles. The molecule has 3 saturated carbocycles. The highest BCUT2D eigenvalue weighted by Crippen LogP contribution is 2.51. The number of hydrogen-bond acceptors (Lipinski definition) is 0. The van der Waals surface area contributed by atoms with Crippen LogP contribution in [-0.2, 0) is 5.41 Å². The molecule has 0 nitrogen and oxygen atoms in total. The fraction of sp³-hybridized carbons (Fsp3) is 0.571. The minimum Gasteiger partial charge on any atom is -0.0619 e. The van der Waals surface area contributed by atoms with E-state index < -0.39 is 0 Å². The molecule has 1 aromatic rings. The Morgan fingerprint density at radius 1 is 1.07 bits per heavy atom. The Labute approximate surface area is 86.3 Å². The third kappa shape index (κ3) is 1.20. The van der Waals surface area contributed by atoms with Crippen molar-refractivity contribution in [2.75, 3.05) is 0 Å². The maximum Gasteiger partial charge on any atom is -0.00405 e. The number of hydrogen-bond donors (Lipinski definition) is 0. The largest absolute Gasteiger partial charge is 0.0619 e. The topological polar surface area (TPSA) is 0 Å². The van der Waals surface area contributed by atoms with Crippen LogP contribution in [0.4, 0.5) is 0 Å². The predicted molar refractivity (Wildman–Crippen MR) is 58.1 cm³/mol. The zero-order valence-electron chi connectivity index (χ0n) is 8.63. The SMILES string of the molecule is [c]1ccccc1C12CCC(CC1)CC2. The molecule has 14 heavy (non-hydrogen) atoms. The molecule has 0 heteroatoms. The van der Waals surface area contributed by atoms with Gasteiger partial charge >= 0.3 is 0 Å².